The van der Waals surface area contributed by atoms with Crippen molar-refractivity contribution in [2.24, 2.45) is 11.8 Å². The molecule has 0 unspecified atom stereocenters. The Morgan fingerprint density at radius 2 is 1.91 bits per heavy atom. The summed E-state index contributed by atoms with van der Waals surface area (Å²) in [7, 11) is 1.20. The van der Waals surface area contributed by atoms with E-state index >= 15 is 4.39 Å². The topological polar surface area (TPSA) is 122 Å². The average molecular weight is 668 g/mol. The van der Waals surface area contributed by atoms with Crippen LogP contribution >= 0.6 is 23.2 Å². The van der Waals surface area contributed by atoms with Crippen LogP contribution in [0.15, 0.2) is 48.5 Å². The lowest BCUT2D eigenvalue weighted by atomic mass is 9.70. The van der Waals surface area contributed by atoms with Gasteiger partial charge >= 0.3 is 5.97 Å². The molecule has 4 atom stereocenters. The third-order valence-electron chi connectivity index (χ3n) is 10.0. The van der Waals surface area contributed by atoms with Crippen molar-refractivity contribution in [1.82, 2.24) is 4.90 Å². The third kappa shape index (κ3) is 4.35. The van der Waals surface area contributed by atoms with Gasteiger partial charge in [-0.1, -0.05) is 41.4 Å². The number of amides is 2. The summed E-state index contributed by atoms with van der Waals surface area (Å²) in [5, 5.41) is 15.5. The maximum atomic E-state index is 16.2. The first-order chi connectivity index (χ1) is 22.0. The summed E-state index contributed by atoms with van der Waals surface area (Å²) in [5.41, 5.74) is -0.439. The second-order valence-corrected chi connectivity index (χ2v) is 13.2. The van der Waals surface area contributed by atoms with Gasteiger partial charge < -0.3 is 15.0 Å². The van der Waals surface area contributed by atoms with Crippen LogP contribution in [0.25, 0.3) is 0 Å². The Balaban J connectivity index is 1.47. The molecule has 7 rings (SSSR count). The van der Waals surface area contributed by atoms with Gasteiger partial charge in [0.1, 0.15) is 17.0 Å². The summed E-state index contributed by atoms with van der Waals surface area (Å²) in [6, 6.07) is 11.6. The molecule has 2 amide bonds. The number of nitro benzene ring substituents is 1. The first-order valence-corrected chi connectivity index (χ1v) is 15.8. The Morgan fingerprint density at radius 3 is 2.61 bits per heavy atom. The molecule has 1 aliphatic carbocycles. The van der Waals surface area contributed by atoms with Crippen molar-refractivity contribution in [1.29, 1.82) is 0 Å². The lowest BCUT2D eigenvalue weighted by Gasteiger charge is -2.40. The van der Waals surface area contributed by atoms with Crippen molar-refractivity contribution in [2.45, 2.75) is 43.7 Å². The largest absolute Gasteiger partial charge is 0.465 e. The normalized spacial score (nSPS) is 25.4. The fourth-order valence-corrected chi connectivity index (χ4v) is 8.31. The van der Waals surface area contributed by atoms with E-state index in [-0.39, 0.29) is 45.6 Å². The molecular formula is C33H29Cl2FN4O6. The Kier molecular flexibility index (Phi) is 7.34. The quantitative estimate of drug-likeness (QED) is 0.188. The fraction of sp³-hybridized carbons (Fsp3) is 0.364. The van der Waals surface area contributed by atoms with Crippen LogP contribution in [-0.4, -0.2) is 53.8 Å². The molecule has 10 nitrogen and oxygen atoms in total. The van der Waals surface area contributed by atoms with Gasteiger partial charge in [0.05, 0.1) is 28.5 Å². The Bertz CT molecular complexity index is 1850. The van der Waals surface area contributed by atoms with Crippen molar-refractivity contribution >= 4 is 58.0 Å². The minimum absolute atomic E-state index is 0.0283. The van der Waals surface area contributed by atoms with E-state index in [4.69, 9.17) is 27.9 Å². The highest BCUT2D eigenvalue weighted by molar-refractivity contribution is 6.31. The number of carbonyl (C=O) groups excluding carboxylic acids is 3. The number of esters is 1. The fourth-order valence-electron chi connectivity index (χ4n) is 7.96. The van der Waals surface area contributed by atoms with Crippen LogP contribution in [0.1, 0.15) is 52.2 Å². The number of nitrogens with zero attached hydrogens (tertiary/aromatic N) is 3. The lowest BCUT2D eigenvalue weighted by Crippen LogP contribution is -2.54. The van der Waals surface area contributed by atoms with Gasteiger partial charge in [0.25, 0.3) is 5.69 Å². The number of anilines is 2. The molecule has 13 heteroatoms. The van der Waals surface area contributed by atoms with Crippen molar-refractivity contribution in [3.8, 4) is 0 Å². The molecule has 0 bridgehead atoms. The maximum absolute atomic E-state index is 16.2. The summed E-state index contributed by atoms with van der Waals surface area (Å²) in [5.74, 6) is -4.14. The summed E-state index contributed by atoms with van der Waals surface area (Å²) in [6.45, 7) is 2.10. The second-order valence-electron chi connectivity index (χ2n) is 12.4. The molecule has 3 aromatic rings. The predicted octanol–water partition coefficient (Wildman–Crippen LogP) is 6.21. The van der Waals surface area contributed by atoms with E-state index in [0.29, 0.717) is 29.2 Å². The van der Waals surface area contributed by atoms with E-state index in [1.165, 1.54) is 37.1 Å². The van der Waals surface area contributed by atoms with Crippen molar-refractivity contribution in [3.05, 3.63) is 96.8 Å². The van der Waals surface area contributed by atoms with Crippen LogP contribution in [0.2, 0.25) is 10.0 Å². The number of hydrogen-bond acceptors (Lipinski definition) is 7. The van der Waals surface area contributed by atoms with Gasteiger partial charge in [-0.3, -0.25) is 24.6 Å². The highest BCUT2D eigenvalue weighted by Crippen LogP contribution is 2.62. The number of fused-ring (bicyclic) bond motifs is 3. The molecule has 238 valence electrons. The molecule has 0 radical (unpaired) electrons. The molecule has 3 aromatic carbocycles. The zero-order valence-corrected chi connectivity index (χ0v) is 26.4. The number of benzene rings is 3. The zero-order chi connectivity index (χ0) is 32.7. The Labute approximate surface area is 273 Å². The first kappa shape index (κ1) is 30.6. The summed E-state index contributed by atoms with van der Waals surface area (Å²) in [4.78, 5) is 57.1. The monoisotopic (exact) mass is 666 g/mol. The zero-order valence-electron chi connectivity index (χ0n) is 24.9. The van der Waals surface area contributed by atoms with Crippen molar-refractivity contribution < 1.29 is 28.4 Å². The van der Waals surface area contributed by atoms with Gasteiger partial charge in [0.2, 0.25) is 11.8 Å². The van der Waals surface area contributed by atoms with Crippen LogP contribution in [0.5, 0.6) is 0 Å². The molecular weight excluding hydrogens is 638 g/mol. The predicted molar refractivity (Wildman–Crippen MR) is 169 cm³/mol. The van der Waals surface area contributed by atoms with Crippen molar-refractivity contribution in [3.63, 3.8) is 0 Å². The van der Waals surface area contributed by atoms with Gasteiger partial charge in [0, 0.05) is 47.4 Å². The SMILES string of the molecule is COC(=O)c1ccc([N+](=O)[O-])c(N2CC[C@H]3[C@@H](C2=O)[C@H](c2cccc(Cl)c2F)[C@]2(C(=O)Nc4cc(Cl)ccc42)N3CC2CC2)c1C. The molecule has 3 heterocycles. The lowest BCUT2D eigenvalue weighted by molar-refractivity contribution is -0.384. The molecule has 46 heavy (non-hydrogen) atoms. The van der Waals surface area contributed by atoms with Crippen LogP contribution in [0.4, 0.5) is 21.5 Å². The van der Waals surface area contributed by atoms with E-state index in [1.54, 1.807) is 30.3 Å². The highest BCUT2D eigenvalue weighted by atomic mass is 35.5. The number of halogens is 3. The Morgan fingerprint density at radius 1 is 1.15 bits per heavy atom. The molecule has 0 aromatic heterocycles. The van der Waals surface area contributed by atoms with Crippen LogP contribution in [0, 0.1) is 34.7 Å². The number of piperidine rings is 1. The van der Waals surface area contributed by atoms with Gasteiger partial charge in [-0.15, -0.1) is 0 Å². The summed E-state index contributed by atoms with van der Waals surface area (Å²) >= 11 is 12.7. The van der Waals surface area contributed by atoms with Crippen molar-refractivity contribution in [2.75, 3.05) is 30.4 Å². The van der Waals surface area contributed by atoms with E-state index in [1.807, 2.05) is 0 Å². The van der Waals surface area contributed by atoms with E-state index < -0.39 is 51.9 Å². The molecule has 1 saturated carbocycles. The number of carbonyl (C=O) groups is 3. The standard InChI is InChI=1S/C33H29Cl2FN4O6/c1-16-19(31(42)46-2)9-11-25(40(44)45)29(16)38-13-12-24-26(30(38)41)27(20-4-3-5-22(35)28(20)36)33(39(24)15-17-6-7-17)21-10-8-18(34)14-23(21)37-32(33)43/h3-5,8-11,14,17,24,26-27H,6-7,12-13,15H2,1-2H3,(H,37,43)/t24-,26+,27-,33+/m0/s1. The minimum Gasteiger partial charge on any atom is -0.465 e. The highest BCUT2D eigenvalue weighted by Gasteiger charge is 2.70. The van der Waals surface area contributed by atoms with E-state index in [2.05, 4.69) is 10.2 Å². The summed E-state index contributed by atoms with van der Waals surface area (Å²) < 4.78 is 21.1. The van der Waals surface area contributed by atoms with Crippen LogP contribution in [-0.2, 0) is 19.9 Å². The number of rotatable bonds is 6. The smallest absolute Gasteiger partial charge is 0.338 e. The van der Waals surface area contributed by atoms with E-state index in [9.17, 15) is 24.5 Å². The van der Waals surface area contributed by atoms with E-state index in [0.717, 1.165) is 12.8 Å². The Hall–Kier alpha value is -4.06. The molecule has 3 aliphatic heterocycles. The average Bonchev–Trinajstić information content (AvgIpc) is 3.74. The van der Waals surface area contributed by atoms with Gasteiger partial charge in [-0.2, -0.15) is 0 Å². The molecule has 1 N–H and O–H groups in total. The number of nitrogens with one attached hydrogen (secondary N) is 1. The molecule has 1 spiro atoms. The maximum Gasteiger partial charge on any atom is 0.338 e. The third-order valence-corrected chi connectivity index (χ3v) is 10.5. The van der Waals surface area contributed by atoms with Crippen LogP contribution < -0.4 is 10.2 Å². The number of hydrogen-bond donors (Lipinski definition) is 1. The number of nitro groups is 1. The number of likely N-dealkylation sites (tertiary alicyclic amines) is 1. The number of ether oxygens (including phenoxy) is 1. The molecule has 4 aliphatic rings. The summed E-state index contributed by atoms with van der Waals surface area (Å²) in [6.07, 6.45) is 2.25. The first-order valence-electron chi connectivity index (χ1n) is 15.0. The molecule has 3 fully saturated rings. The van der Waals surface area contributed by atoms with Gasteiger partial charge in [0.15, 0.2) is 0 Å². The van der Waals surface area contributed by atoms with Gasteiger partial charge in [-0.05, 0) is 67.5 Å². The minimum atomic E-state index is -1.50. The second kappa shape index (κ2) is 11.0. The molecule has 2 saturated heterocycles. The van der Waals surface area contributed by atoms with Gasteiger partial charge in [-0.25, -0.2) is 9.18 Å². The van der Waals surface area contributed by atoms with Crippen LogP contribution in [0.3, 0.4) is 0 Å². The number of methoxy groups -OCH3 is 1.